The van der Waals surface area contributed by atoms with Gasteiger partial charge in [0.15, 0.2) is 6.61 Å². The second-order valence-corrected chi connectivity index (χ2v) is 2.80. The molecular weight excluding hydrogens is 234 g/mol. The van der Waals surface area contributed by atoms with Crippen molar-refractivity contribution in [2.75, 3.05) is 6.61 Å². The van der Waals surface area contributed by atoms with Crippen LogP contribution in [0.15, 0.2) is 16.9 Å². The van der Waals surface area contributed by atoms with Gasteiger partial charge in [-0.15, -0.1) is 0 Å². The van der Waals surface area contributed by atoms with Crippen molar-refractivity contribution in [1.29, 1.82) is 0 Å². The third-order valence-electron chi connectivity index (χ3n) is 0.935. The summed E-state index contributed by atoms with van der Waals surface area (Å²) in [6, 6.07) is -0.0431. The Morgan fingerprint density at radius 1 is 1.42 bits per heavy atom. The van der Waals surface area contributed by atoms with E-state index in [-0.39, 0.29) is 6.01 Å². The summed E-state index contributed by atoms with van der Waals surface area (Å²) < 4.78 is 28.4. The number of hydrogen-bond donors (Lipinski definition) is 0. The summed E-state index contributed by atoms with van der Waals surface area (Å²) in [6.45, 7) is -0.679. The molecule has 1 heterocycles. The van der Waals surface area contributed by atoms with Gasteiger partial charge < -0.3 is 4.74 Å². The summed E-state index contributed by atoms with van der Waals surface area (Å²) in [5.74, 6) is 0. The van der Waals surface area contributed by atoms with E-state index in [1.54, 1.807) is 0 Å². The molecule has 0 saturated carbocycles. The monoisotopic (exact) mass is 238 g/mol. The Balaban J connectivity index is 2.48. The minimum Gasteiger partial charge on any atom is -0.457 e. The van der Waals surface area contributed by atoms with Crippen molar-refractivity contribution in [3.8, 4) is 6.01 Å². The number of ether oxygens (including phenoxy) is 1. The first-order chi connectivity index (χ1) is 5.68. The van der Waals surface area contributed by atoms with Crippen LogP contribution >= 0.6 is 15.9 Å². The van der Waals surface area contributed by atoms with E-state index >= 15 is 0 Å². The minimum atomic E-state index is -2.50. The number of halogens is 3. The third-order valence-corrected chi connectivity index (χ3v) is 1.34. The highest BCUT2D eigenvalue weighted by atomic mass is 79.9. The van der Waals surface area contributed by atoms with Crippen LogP contribution in [0.5, 0.6) is 6.01 Å². The molecule has 0 unspecified atom stereocenters. The van der Waals surface area contributed by atoms with Crippen LogP contribution in [0.25, 0.3) is 0 Å². The Morgan fingerprint density at radius 2 is 2.00 bits per heavy atom. The first-order valence-electron chi connectivity index (χ1n) is 3.07. The van der Waals surface area contributed by atoms with E-state index in [9.17, 15) is 8.78 Å². The second kappa shape index (κ2) is 4.30. The van der Waals surface area contributed by atoms with E-state index in [0.717, 1.165) is 0 Å². The summed E-state index contributed by atoms with van der Waals surface area (Å²) in [6.07, 6.45) is 0.346. The lowest BCUT2D eigenvalue weighted by Crippen LogP contribution is -2.08. The van der Waals surface area contributed by atoms with Crippen LogP contribution in [-0.2, 0) is 0 Å². The van der Waals surface area contributed by atoms with E-state index in [2.05, 4.69) is 30.6 Å². The van der Waals surface area contributed by atoms with Crippen molar-refractivity contribution in [2.24, 2.45) is 0 Å². The Kier molecular flexibility index (Phi) is 3.33. The van der Waals surface area contributed by atoms with Gasteiger partial charge in [-0.05, 0) is 15.9 Å². The molecule has 1 aromatic heterocycles. The predicted octanol–water partition coefficient (Wildman–Crippen LogP) is 1.88. The normalized spacial score (nSPS) is 10.3. The highest BCUT2D eigenvalue weighted by Gasteiger charge is 2.04. The lowest BCUT2D eigenvalue weighted by molar-refractivity contribution is 0.0770. The van der Waals surface area contributed by atoms with Gasteiger partial charge in [-0.3, -0.25) is 0 Å². The Labute approximate surface area is 75.9 Å². The third kappa shape index (κ3) is 3.08. The van der Waals surface area contributed by atoms with Crippen LogP contribution < -0.4 is 4.74 Å². The average Bonchev–Trinajstić information content (AvgIpc) is 2.03. The standard InChI is InChI=1S/C6H5BrF2N2O/c7-4-1-10-6(11-2-4)12-3-5(8)9/h1-2,5H,3H2. The Hall–Kier alpha value is -0.780. The molecule has 0 amide bonds. The van der Waals surface area contributed by atoms with E-state index in [4.69, 9.17) is 0 Å². The van der Waals surface area contributed by atoms with Gasteiger partial charge in [-0.25, -0.2) is 18.7 Å². The van der Waals surface area contributed by atoms with Gasteiger partial charge in [0.25, 0.3) is 6.43 Å². The van der Waals surface area contributed by atoms with Gasteiger partial charge in [0.1, 0.15) is 0 Å². The van der Waals surface area contributed by atoms with Gasteiger partial charge in [-0.1, -0.05) is 0 Å². The molecule has 0 aliphatic heterocycles. The fraction of sp³-hybridized carbons (Fsp3) is 0.333. The molecule has 0 spiro atoms. The van der Waals surface area contributed by atoms with Crippen LogP contribution in [0.4, 0.5) is 8.78 Å². The minimum absolute atomic E-state index is 0.0431. The molecule has 0 N–H and O–H groups in total. The average molecular weight is 239 g/mol. The molecule has 66 valence electrons. The highest BCUT2D eigenvalue weighted by molar-refractivity contribution is 9.10. The van der Waals surface area contributed by atoms with Crippen molar-refractivity contribution < 1.29 is 13.5 Å². The maximum absolute atomic E-state index is 11.6. The van der Waals surface area contributed by atoms with Crippen molar-refractivity contribution in [2.45, 2.75) is 6.43 Å². The molecule has 0 bridgehead atoms. The summed E-state index contributed by atoms with van der Waals surface area (Å²) in [4.78, 5) is 7.27. The molecule has 0 fully saturated rings. The van der Waals surface area contributed by atoms with Crippen LogP contribution in [0, 0.1) is 0 Å². The molecule has 0 aliphatic carbocycles. The van der Waals surface area contributed by atoms with Crippen molar-refractivity contribution in [3.05, 3.63) is 16.9 Å². The van der Waals surface area contributed by atoms with E-state index in [0.29, 0.717) is 4.47 Å². The quantitative estimate of drug-likeness (QED) is 0.807. The molecule has 0 saturated heterocycles. The number of aromatic nitrogens is 2. The lowest BCUT2D eigenvalue weighted by Gasteiger charge is -2.01. The summed E-state index contributed by atoms with van der Waals surface area (Å²) in [5, 5.41) is 0. The van der Waals surface area contributed by atoms with E-state index < -0.39 is 13.0 Å². The number of nitrogens with zero attached hydrogens (tertiary/aromatic N) is 2. The molecule has 0 atom stereocenters. The first kappa shape index (κ1) is 9.31. The van der Waals surface area contributed by atoms with Gasteiger partial charge in [0, 0.05) is 12.4 Å². The van der Waals surface area contributed by atoms with Crippen molar-refractivity contribution in [3.63, 3.8) is 0 Å². The maximum atomic E-state index is 11.6. The van der Waals surface area contributed by atoms with Gasteiger partial charge in [0.2, 0.25) is 0 Å². The maximum Gasteiger partial charge on any atom is 0.316 e. The SMILES string of the molecule is FC(F)COc1ncc(Br)cn1. The van der Waals surface area contributed by atoms with E-state index in [1.807, 2.05) is 0 Å². The summed E-state index contributed by atoms with van der Waals surface area (Å²) in [5.41, 5.74) is 0. The molecule has 12 heavy (non-hydrogen) atoms. The van der Waals surface area contributed by atoms with Crippen molar-refractivity contribution >= 4 is 15.9 Å². The zero-order chi connectivity index (χ0) is 8.97. The zero-order valence-electron chi connectivity index (χ0n) is 5.88. The fourth-order valence-electron chi connectivity index (χ4n) is 0.513. The number of rotatable bonds is 3. The van der Waals surface area contributed by atoms with Crippen LogP contribution in [0.3, 0.4) is 0 Å². The largest absolute Gasteiger partial charge is 0.457 e. The molecule has 0 radical (unpaired) electrons. The van der Waals surface area contributed by atoms with Gasteiger partial charge in [-0.2, -0.15) is 0 Å². The smallest absolute Gasteiger partial charge is 0.316 e. The summed E-state index contributed by atoms with van der Waals surface area (Å²) >= 11 is 3.10. The lowest BCUT2D eigenvalue weighted by atomic mass is 10.7. The topological polar surface area (TPSA) is 35.0 Å². The highest BCUT2D eigenvalue weighted by Crippen LogP contribution is 2.08. The zero-order valence-corrected chi connectivity index (χ0v) is 7.46. The molecule has 1 aromatic rings. The van der Waals surface area contributed by atoms with Crippen LogP contribution in [-0.4, -0.2) is 23.0 Å². The Bertz CT molecular complexity index is 242. The molecule has 0 aliphatic rings. The molecule has 3 nitrogen and oxygen atoms in total. The first-order valence-corrected chi connectivity index (χ1v) is 3.86. The molecule has 0 aromatic carbocycles. The van der Waals surface area contributed by atoms with Crippen LogP contribution in [0.1, 0.15) is 0 Å². The van der Waals surface area contributed by atoms with E-state index in [1.165, 1.54) is 12.4 Å². The molecule has 1 rings (SSSR count). The fourth-order valence-corrected chi connectivity index (χ4v) is 0.717. The van der Waals surface area contributed by atoms with Crippen LogP contribution in [0.2, 0.25) is 0 Å². The molecule has 6 heteroatoms. The van der Waals surface area contributed by atoms with Gasteiger partial charge >= 0.3 is 6.01 Å². The number of alkyl halides is 2. The summed E-state index contributed by atoms with van der Waals surface area (Å²) in [7, 11) is 0. The van der Waals surface area contributed by atoms with Crippen molar-refractivity contribution in [1.82, 2.24) is 9.97 Å². The molecular formula is C6H5BrF2N2O. The predicted molar refractivity (Wildman–Crippen MR) is 41.2 cm³/mol. The second-order valence-electron chi connectivity index (χ2n) is 1.89. The Morgan fingerprint density at radius 3 is 2.50 bits per heavy atom. The van der Waals surface area contributed by atoms with Gasteiger partial charge in [0.05, 0.1) is 4.47 Å². The number of hydrogen-bond acceptors (Lipinski definition) is 3.